The van der Waals surface area contributed by atoms with Gasteiger partial charge in [0.2, 0.25) is 5.91 Å². The third-order valence-corrected chi connectivity index (χ3v) is 7.05. The third-order valence-electron chi connectivity index (χ3n) is 7.05. The summed E-state index contributed by atoms with van der Waals surface area (Å²) in [5, 5.41) is 0. The predicted molar refractivity (Wildman–Crippen MR) is 116 cm³/mol. The Labute approximate surface area is 170 Å². The Morgan fingerprint density at radius 2 is 1.79 bits per heavy atom. The molecule has 3 aliphatic rings. The zero-order chi connectivity index (χ0) is 19.7. The Balaban J connectivity index is 1.36. The average Bonchev–Trinajstić information content (AvgIpc) is 3.13. The maximum absolute atomic E-state index is 12.1. The first kappa shape index (κ1) is 19.7. The number of piperazine rings is 1. The van der Waals surface area contributed by atoms with Crippen LogP contribution in [-0.2, 0) is 4.79 Å². The third kappa shape index (κ3) is 3.92. The van der Waals surface area contributed by atoms with E-state index in [2.05, 4.69) is 59.7 Å². The molecule has 5 heteroatoms. The lowest BCUT2D eigenvalue weighted by atomic mass is 9.94. The van der Waals surface area contributed by atoms with Gasteiger partial charge in [0.25, 0.3) is 0 Å². The normalized spacial score (nSPS) is 24.9. The fourth-order valence-electron chi connectivity index (χ4n) is 5.39. The van der Waals surface area contributed by atoms with Gasteiger partial charge in [0.1, 0.15) is 0 Å². The first-order chi connectivity index (χ1) is 13.5. The second kappa shape index (κ2) is 8.03. The highest BCUT2D eigenvalue weighted by atomic mass is 16.2. The summed E-state index contributed by atoms with van der Waals surface area (Å²) in [6.45, 7) is 14.9. The number of likely N-dealkylation sites (N-methyl/N-ethyl adjacent to an activating group) is 1. The van der Waals surface area contributed by atoms with E-state index in [0.29, 0.717) is 12.5 Å². The van der Waals surface area contributed by atoms with Crippen molar-refractivity contribution in [3.8, 4) is 0 Å². The van der Waals surface area contributed by atoms with Gasteiger partial charge in [-0.05, 0) is 57.9 Å². The second-order valence-corrected chi connectivity index (χ2v) is 9.25. The van der Waals surface area contributed by atoms with Gasteiger partial charge in [-0.3, -0.25) is 14.6 Å². The van der Waals surface area contributed by atoms with Gasteiger partial charge < -0.3 is 9.80 Å². The van der Waals surface area contributed by atoms with E-state index in [1.807, 2.05) is 4.90 Å². The van der Waals surface area contributed by atoms with Gasteiger partial charge >= 0.3 is 0 Å². The molecule has 0 saturated carbocycles. The van der Waals surface area contributed by atoms with Crippen molar-refractivity contribution in [2.24, 2.45) is 0 Å². The van der Waals surface area contributed by atoms with Crippen LogP contribution in [0.15, 0.2) is 24.3 Å². The molecule has 1 amide bonds. The summed E-state index contributed by atoms with van der Waals surface area (Å²) in [6, 6.07) is 9.31. The van der Waals surface area contributed by atoms with Crippen molar-refractivity contribution in [2.75, 3.05) is 55.6 Å². The van der Waals surface area contributed by atoms with Gasteiger partial charge in [0.05, 0.1) is 0 Å². The van der Waals surface area contributed by atoms with Crippen molar-refractivity contribution in [1.29, 1.82) is 0 Å². The van der Waals surface area contributed by atoms with Crippen molar-refractivity contribution in [3.63, 3.8) is 0 Å². The maximum atomic E-state index is 12.1. The molecule has 5 nitrogen and oxygen atoms in total. The minimum absolute atomic E-state index is 0.268. The number of nitrogens with zero attached hydrogens (tertiary/aromatic N) is 4. The molecular weight excluding hydrogens is 348 g/mol. The summed E-state index contributed by atoms with van der Waals surface area (Å²) in [5.41, 5.74) is 2.62. The van der Waals surface area contributed by atoms with E-state index in [1.165, 1.54) is 38.2 Å². The van der Waals surface area contributed by atoms with E-state index in [1.54, 1.807) is 0 Å². The van der Waals surface area contributed by atoms with Crippen molar-refractivity contribution in [2.45, 2.75) is 58.0 Å². The molecule has 3 heterocycles. The number of piperidine rings is 1. The number of rotatable bonds is 4. The highest BCUT2D eigenvalue weighted by molar-refractivity contribution is 5.95. The minimum Gasteiger partial charge on any atom is -0.371 e. The van der Waals surface area contributed by atoms with Crippen LogP contribution in [0.3, 0.4) is 0 Å². The van der Waals surface area contributed by atoms with Crippen LogP contribution in [0.2, 0.25) is 0 Å². The van der Waals surface area contributed by atoms with Crippen LogP contribution in [0, 0.1) is 0 Å². The fraction of sp³-hybridized carbons (Fsp3) is 0.696. The van der Waals surface area contributed by atoms with E-state index in [-0.39, 0.29) is 11.4 Å². The topological polar surface area (TPSA) is 30.0 Å². The van der Waals surface area contributed by atoms with Crippen LogP contribution in [0.5, 0.6) is 0 Å². The fourth-order valence-corrected chi connectivity index (χ4v) is 5.39. The second-order valence-electron chi connectivity index (χ2n) is 9.25. The summed E-state index contributed by atoms with van der Waals surface area (Å²) in [6.07, 6.45) is 4.14. The van der Waals surface area contributed by atoms with Crippen molar-refractivity contribution >= 4 is 17.3 Å². The van der Waals surface area contributed by atoms with Crippen LogP contribution >= 0.6 is 0 Å². The largest absolute Gasteiger partial charge is 0.371 e. The van der Waals surface area contributed by atoms with E-state index < -0.39 is 0 Å². The number of anilines is 2. The van der Waals surface area contributed by atoms with E-state index >= 15 is 0 Å². The van der Waals surface area contributed by atoms with Crippen LogP contribution in [-0.4, -0.2) is 73.1 Å². The quantitative estimate of drug-likeness (QED) is 0.797. The van der Waals surface area contributed by atoms with Crippen LogP contribution in [0.4, 0.5) is 11.4 Å². The van der Waals surface area contributed by atoms with Gasteiger partial charge in [-0.2, -0.15) is 0 Å². The molecule has 0 spiro atoms. The molecule has 0 aliphatic carbocycles. The SMILES string of the molecule is CCN1CCN(C2CCN(c3cccc(N4CCCC4=O)c3)CC2)CC1(C)C. The monoisotopic (exact) mass is 384 g/mol. The molecule has 1 aromatic rings. The summed E-state index contributed by atoms with van der Waals surface area (Å²) >= 11 is 0. The van der Waals surface area contributed by atoms with Gasteiger partial charge in [-0.25, -0.2) is 0 Å². The standard InChI is InChI=1S/C23H36N4O/c1-4-26-16-15-25(18-23(26,2)3)19-10-13-24(14-11-19)20-7-5-8-21(17-20)27-12-6-9-22(27)28/h5,7-8,17,19H,4,6,9-16,18H2,1-3H3. The molecule has 0 atom stereocenters. The predicted octanol–water partition coefficient (Wildman–Crippen LogP) is 3.20. The molecule has 28 heavy (non-hydrogen) atoms. The molecule has 0 radical (unpaired) electrons. The van der Waals surface area contributed by atoms with Gasteiger partial charge in [-0.1, -0.05) is 13.0 Å². The number of amides is 1. The van der Waals surface area contributed by atoms with Gasteiger partial charge in [-0.15, -0.1) is 0 Å². The average molecular weight is 385 g/mol. The smallest absolute Gasteiger partial charge is 0.227 e. The number of hydrogen-bond donors (Lipinski definition) is 0. The molecule has 0 unspecified atom stereocenters. The lowest BCUT2D eigenvalue weighted by molar-refractivity contribution is -0.117. The Hall–Kier alpha value is -1.59. The number of carbonyl (C=O) groups excluding carboxylic acids is 1. The Morgan fingerprint density at radius 3 is 2.43 bits per heavy atom. The number of hydrogen-bond acceptors (Lipinski definition) is 4. The van der Waals surface area contributed by atoms with Crippen LogP contribution < -0.4 is 9.80 Å². The molecule has 4 rings (SSSR count). The molecule has 3 fully saturated rings. The van der Waals surface area contributed by atoms with Gasteiger partial charge in [0.15, 0.2) is 0 Å². The lowest BCUT2D eigenvalue weighted by Gasteiger charge is -2.50. The van der Waals surface area contributed by atoms with Gasteiger partial charge in [0, 0.05) is 68.6 Å². The van der Waals surface area contributed by atoms with Crippen molar-refractivity contribution in [3.05, 3.63) is 24.3 Å². The first-order valence-corrected chi connectivity index (χ1v) is 11.1. The first-order valence-electron chi connectivity index (χ1n) is 11.1. The number of carbonyl (C=O) groups is 1. The maximum Gasteiger partial charge on any atom is 0.227 e. The number of benzene rings is 1. The summed E-state index contributed by atoms with van der Waals surface area (Å²) < 4.78 is 0. The van der Waals surface area contributed by atoms with E-state index in [4.69, 9.17) is 0 Å². The molecule has 3 saturated heterocycles. The summed E-state index contributed by atoms with van der Waals surface area (Å²) in [7, 11) is 0. The lowest BCUT2D eigenvalue weighted by Crippen LogP contribution is -2.62. The Morgan fingerprint density at radius 1 is 1.04 bits per heavy atom. The minimum atomic E-state index is 0.268. The molecule has 0 bridgehead atoms. The zero-order valence-electron chi connectivity index (χ0n) is 17.9. The summed E-state index contributed by atoms with van der Waals surface area (Å²) in [5.74, 6) is 0.268. The zero-order valence-corrected chi connectivity index (χ0v) is 17.9. The highest BCUT2D eigenvalue weighted by Gasteiger charge is 2.36. The van der Waals surface area contributed by atoms with Crippen LogP contribution in [0.25, 0.3) is 0 Å². The molecule has 0 N–H and O–H groups in total. The van der Waals surface area contributed by atoms with Crippen LogP contribution in [0.1, 0.15) is 46.5 Å². The van der Waals surface area contributed by atoms with Crippen molar-refractivity contribution < 1.29 is 4.79 Å². The van der Waals surface area contributed by atoms with E-state index in [0.717, 1.165) is 38.3 Å². The molecule has 0 aromatic heterocycles. The Kier molecular flexibility index (Phi) is 5.66. The summed E-state index contributed by atoms with van der Waals surface area (Å²) in [4.78, 5) is 21.9. The molecular formula is C23H36N4O. The molecule has 3 aliphatic heterocycles. The molecule has 1 aromatic carbocycles. The molecule has 154 valence electrons. The highest BCUT2D eigenvalue weighted by Crippen LogP contribution is 2.30. The van der Waals surface area contributed by atoms with E-state index in [9.17, 15) is 4.79 Å². The Bertz CT molecular complexity index is 696. The van der Waals surface area contributed by atoms with Crippen molar-refractivity contribution in [1.82, 2.24) is 9.80 Å².